The molecule has 3 atom stereocenters. The fraction of sp³-hybridized carbons (Fsp3) is 0.500. The van der Waals surface area contributed by atoms with Gasteiger partial charge >= 0.3 is 0 Å². The molecule has 2 N–H and O–H groups in total. The van der Waals surface area contributed by atoms with E-state index in [1.165, 1.54) is 0 Å². The number of rotatable bonds is 4. The average Bonchev–Trinajstić information content (AvgIpc) is 2.87. The Morgan fingerprint density at radius 2 is 2.05 bits per heavy atom. The Morgan fingerprint density at radius 3 is 2.68 bits per heavy atom. The molecule has 1 aromatic carbocycles. The van der Waals surface area contributed by atoms with Crippen LogP contribution in [-0.2, 0) is 9.53 Å². The minimum Gasteiger partial charge on any atom is -0.379 e. The van der Waals surface area contributed by atoms with Gasteiger partial charge in [0, 0.05) is 11.1 Å². The highest BCUT2D eigenvalue weighted by molar-refractivity contribution is 6.30. The van der Waals surface area contributed by atoms with E-state index in [0.717, 1.165) is 5.56 Å². The number of nitrogens with one attached hydrogen (secondary N) is 2. The van der Waals surface area contributed by atoms with Crippen LogP contribution in [0.15, 0.2) is 24.3 Å². The quantitative estimate of drug-likeness (QED) is 0.885. The zero-order chi connectivity index (χ0) is 13.8. The van der Waals surface area contributed by atoms with Crippen LogP contribution >= 0.6 is 11.6 Å². The van der Waals surface area contributed by atoms with Crippen LogP contribution in [0.1, 0.15) is 18.5 Å². The van der Waals surface area contributed by atoms with Gasteiger partial charge in [0.1, 0.15) is 0 Å². The summed E-state index contributed by atoms with van der Waals surface area (Å²) < 4.78 is 5.34. The van der Waals surface area contributed by atoms with Gasteiger partial charge in [0.05, 0.1) is 25.2 Å². The van der Waals surface area contributed by atoms with Crippen molar-refractivity contribution in [1.29, 1.82) is 0 Å². The van der Waals surface area contributed by atoms with Gasteiger partial charge in [-0.3, -0.25) is 4.79 Å². The molecule has 0 bridgehead atoms. The summed E-state index contributed by atoms with van der Waals surface area (Å²) in [7, 11) is 1.85. The second-order valence-corrected chi connectivity index (χ2v) is 5.26. The number of benzene rings is 1. The molecule has 0 saturated carbocycles. The van der Waals surface area contributed by atoms with Crippen molar-refractivity contribution in [2.45, 2.75) is 19.0 Å². The Bertz CT molecular complexity index is 436. The Kier molecular flexibility index (Phi) is 4.80. The van der Waals surface area contributed by atoms with Gasteiger partial charge in [-0.15, -0.1) is 0 Å². The third-order valence-corrected chi connectivity index (χ3v) is 3.77. The molecule has 19 heavy (non-hydrogen) atoms. The molecule has 1 aliphatic heterocycles. The third kappa shape index (κ3) is 3.47. The molecule has 104 valence electrons. The molecule has 1 amide bonds. The topological polar surface area (TPSA) is 50.4 Å². The van der Waals surface area contributed by atoms with Crippen molar-refractivity contribution < 1.29 is 9.53 Å². The summed E-state index contributed by atoms with van der Waals surface area (Å²) in [4.78, 5) is 12.2. The molecule has 1 aliphatic rings. The van der Waals surface area contributed by atoms with E-state index in [9.17, 15) is 4.79 Å². The molecule has 1 fully saturated rings. The molecule has 0 aromatic heterocycles. The van der Waals surface area contributed by atoms with E-state index < -0.39 is 0 Å². The SMILES string of the molecule is CNC1COCC1C(=O)NC(C)c1ccc(Cl)cc1. The summed E-state index contributed by atoms with van der Waals surface area (Å²) in [5.41, 5.74) is 1.04. The maximum absolute atomic E-state index is 12.2. The van der Waals surface area contributed by atoms with Gasteiger partial charge in [0.15, 0.2) is 0 Å². The Balaban J connectivity index is 1.96. The van der Waals surface area contributed by atoms with Crippen LogP contribution in [0.2, 0.25) is 5.02 Å². The van der Waals surface area contributed by atoms with Crippen molar-refractivity contribution in [3.8, 4) is 0 Å². The molecule has 3 unspecified atom stereocenters. The van der Waals surface area contributed by atoms with Crippen molar-refractivity contribution in [1.82, 2.24) is 10.6 Å². The molecular weight excluding hydrogens is 264 g/mol. The summed E-state index contributed by atoms with van der Waals surface area (Å²) in [6.07, 6.45) is 0. The molecule has 1 aromatic rings. The molecule has 0 spiro atoms. The molecular formula is C14H19ClN2O2. The number of halogens is 1. The lowest BCUT2D eigenvalue weighted by molar-refractivity contribution is -0.126. The molecule has 0 aliphatic carbocycles. The van der Waals surface area contributed by atoms with Crippen LogP contribution in [0.3, 0.4) is 0 Å². The van der Waals surface area contributed by atoms with Crippen molar-refractivity contribution in [2.75, 3.05) is 20.3 Å². The monoisotopic (exact) mass is 282 g/mol. The number of hydrogen-bond donors (Lipinski definition) is 2. The van der Waals surface area contributed by atoms with Gasteiger partial charge in [-0.2, -0.15) is 0 Å². The van der Waals surface area contributed by atoms with Gasteiger partial charge in [-0.05, 0) is 31.7 Å². The van der Waals surface area contributed by atoms with Crippen LogP contribution in [0.4, 0.5) is 0 Å². The first-order valence-electron chi connectivity index (χ1n) is 6.42. The first-order valence-corrected chi connectivity index (χ1v) is 6.80. The lowest BCUT2D eigenvalue weighted by Gasteiger charge is -2.20. The van der Waals surface area contributed by atoms with Crippen molar-refractivity contribution in [3.05, 3.63) is 34.9 Å². The Labute approximate surface area is 118 Å². The number of carbonyl (C=O) groups excluding carboxylic acids is 1. The molecule has 1 saturated heterocycles. The fourth-order valence-electron chi connectivity index (χ4n) is 2.25. The van der Waals surface area contributed by atoms with E-state index in [2.05, 4.69) is 10.6 Å². The zero-order valence-electron chi connectivity index (χ0n) is 11.2. The van der Waals surface area contributed by atoms with Crippen molar-refractivity contribution in [3.63, 3.8) is 0 Å². The summed E-state index contributed by atoms with van der Waals surface area (Å²) in [5.74, 6) is -0.0981. The maximum atomic E-state index is 12.2. The first-order chi connectivity index (χ1) is 9.11. The summed E-state index contributed by atoms with van der Waals surface area (Å²) in [6, 6.07) is 7.56. The van der Waals surface area contributed by atoms with E-state index in [4.69, 9.17) is 16.3 Å². The normalized spacial score (nSPS) is 24.2. The van der Waals surface area contributed by atoms with Crippen molar-refractivity contribution in [2.24, 2.45) is 5.92 Å². The minimum absolute atomic E-state index is 0.0271. The molecule has 4 nitrogen and oxygen atoms in total. The number of likely N-dealkylation sites (N-methyl/N-ethyl adjacent to an activating group) is 1. The van der Waals surface area contributed by atoms with Crippen LogP contribution in [0.25, 0.3) is 0 Å². The smallest absolute Gasteiger partial charge is 0.227 e. The average molecular weight is 283 g/mol. The van der Waals surface area contributed by atoms with Gasteiger partial charge < -0.3 is 15.4 Å². The number of amides is 1. The van der Waals surface area contributed by atoms with Crippen LogP contribution in [-0.4, -0.2) is 32.2 Å². The van der Waals surface area contributed by atoms with Gasteiger partial charge in [0.25, 0.3) is 0 Å². The summed E-state index contributed by atoms with van der Waals surface area (Å²) in [6.45, 7) is 3.03. The Hall–Kier alpha value is -1.10. The minimum atomic E-state index is -0.125. The lowest BCUT2D eigenvalue weighted by atomic mass is 10.0. The summed E-state index contributed by atoms with van der Waals surface area (Å²) in [5, 5.41) is 6.83. The second kappa shape index (κ2) is 6.37. The van der Waals surface area contributed by atoms with Crippen molar-refractivity contribution >= 4 is 17.5 Å². The molecule has 0 radical (unpaired) electrons. The molecule has 1 heterocycles. The largest absolute Gasteiger partial charge is 0.379 e. The van der Waals surface area contributed by atoms with Gasteiger partial charge in [-0.1, -0.05) is 23.7 Å². The zero-order valence-corrected chi connectivity index (χ0v) is 11.9. The number of hydrogen-bond acceptors (Lipinski definition) is 3. The fourth-order valence-corrected chi connectivity index (χ4v) is 2.38. The van der Waals surface area contributed by atoms with Crippen LogP contribution in [0, 0.1) is 5.92 Å². The highest BCUT2D eigenvalue weighted by atomic mass is 35.5. The maximum Gasteiger partial charge on any atom is 0.227 e. The number of ether oxygens (including phenoxy) is 1. The van der Waals surface area contributed by atoms with Gasteiger partial charge in [0.2, 0.25) is 5.91 Å². The highest BCUT2D eigenvalue weighted by Gasteiger charge is 2.33. The van der Waals surface area contributed by atoms with E-state index in [1.54, 1.807) is 0 Å². The second-order valence-electron chi connectivity index (χ2n) is 4.82. The van der Waals surface area contributed by atoms with E-state index >= 15 is 0 Å². The van der Waals surface area contributed by atoms with Gasteiger partial charge in [-0.25, -0.2) is 0 Å². The summed E-state index contributed by atoms with van der Waals surface area (Å²) >= 11 is 5.85. The lowest BCUT2D eigenvalue weighted by Crippen LogP contribution is -2.43. The Morgan fingerprint density at radius 1 is 1.37 bits per heavy atom. The van der Waals surface area contributed by atoms with E-state index in [0.29, 0.717) is 18.2 Å². The molecule has 5 heteroatoms. The standard InChI is InChI=1S/C14H19ClN2O2/c1-9(10-3-5-11(15)6-4-10)17-14(18)12-7-19-8-13(12)16-2/h3-6,9,12-13,16H,7-8H2,1-2H3,(H,17,18). The van der Waals surface area contributed by atoms with Crippen LogP contribution in [0.5, 0.6) is 0 Å². The number of carbonyl (C=O) groups is 1. The highest BCUT2D eigenvalue weighted by Crippen LogP contribution is 2.19. The van der Waals surface area contributed by atoms with E-state index in [1.807, 2.05) is 38.2 Å². The van der Waals surface area contributed by atoms with Crippen LogP contribution < -0.4 is 10.6 Å². The first kappa shape index (κ1) is 14.3. The van der Waals surface area contributed by atoms with E-state index in [-0.39, 0.29) is 23.9 Å². The molecule has 2 rings (SSSR count). The predicted molar refractivity (Wildman–Crippen MR) is 75.2 cm³/mol. The predicted octanol–water partition coefficient (Wildman–Crippen LogP) is 1.75. The third-order valence-electron chi connectivity index (χ3n) is 3.52.